The summed E-state index contributed by atoms with van der Waals surface area (Å²) in [6.45, 7) is 0. The summed E-state index contributed by atoms with van der Waals surface area (Å²) in [5.74, 6) is -18.4. The van der Waals surface area contributed by atoms with E-state index in [-0.39, 0.29) is 6.42 Å². The van der Waals surface area contributed by atoms with Crippen molar-refractivity contribution in [1.82, 2.24) is 5.32 Å². The molecule has 3 N–H and O–H groups in total. The van der Waals surface area contributed by atoms with Crippen LogP contribution in [-0.4, -0.2) is 34.3 Å². The minimum Gasteiger partial charge on any atom is -0.481 e. The molecule has 2 rings (SSSR count). The van der Waals surface area contributed by atoms with Gasteiger partial charge >= 0.3 is 18.0 Å². The average molecular weight is 447 g/mol. The van der Waals surface area contributed by atoms with Crippen LogP contribution in [0.15, 0.2) is 30.3 Å². The van der Waals surface area contributed by atoms with E-state index < -0.39 is 71.2 Å². The van der Waals surface area contributed by atoms with Crippen LogP contribution in [0.1, 0.15) is 12.0 Å². The number of aliphatic carboxylic acids is 2. The molecule has 1 unspecified atom stereocenters. The number of benzene rings is 2. The minimum atomic E-state index is -2.48. The Morgan fingerprint density at radius 1 is 0.839 bits per heavy atom. The number of carbonyl (C=O) groups excluding carboxylic acids is 1. The molecule has 0 aliphatic heterocycles. The van der Waals surface area contributed by atoms with Crippen LogP contribution in [0.25, 0.3) is 0 Å². The van der Waals surface area contributed by atoms with Gasteiger partial charge in [0.1, 0.15) is 6.04 Å². The van der Waals surface area contributed by atoms with Crippen molar-refractivity contribution in [2.75, 3.05) is 0 Å². The molecule has 0 aromatic heterocycles. The summed E-state index contributed by atoms with van der Waals surface area (Å²) in [6.07, 6.45) is -2.63. The lowest BCUT2D eigenvalue weighted by atomic mass is 9.93. The van der Waals surface area contributed by atoms with Gasteiger partial charge in [-0.25, -0.2) is 22.8 Å². The quantitative estimate of drug-likeness (QED) is 0.325. The summed E-state index contributed by atoms with van der Waals surface area (Å²) < 4.78 is 70.7. The van der Waals surface area contributed by atoms with Crippen molar-refractivity contribution >= 4 is 18.0 Å². The second-order valence-electron chi connectivity index (χ2n) is 6.28. The van der Waals surface area contributed by atoms with Crippen LogP contribution in [-0.2, 0) is 16.0 Å². The van der Waals surface area contributed by atoms with Crippen molar-refractivity contribution < 1.29 is 51.3 Å². The first-order chi connectivity index (χ1) is 14.5. The Kier molecular flexibility index (Phi) is 7.51. The Labute approximate surface area is 171 Å². The summed E-state index contributed by atoms with van der Waals surface area (Å²) in [4.78, 5) is 34.7. The number of nitrogens with one attached hydrogen (secondary N) is 1. The summed E-state index contributed by atoms with van der Waals surface area (Å²) in [7, 11) is 0. The minimum absolute atomic E-state index is 0.103. The Balaban J connectivity index is 2.17. The maximum atomic E-state index is 13.6. The highest BCUT2D eigenvalue weighted by atomic mass is 19.2. The monoisotopic (exact) mass is 447 g/mol. The highest BCUT2D eigenvalue weighted by molar-refractivity contribution is 5.82. The van der Waals surface area contributed by atoms with Crippen LogP contribution in [0.4, 0.5) is 26.7 Å². The van der Waals surface area contributed by atoms with Gasteiger partial charge in [0.2, 0.25) is 34.8 Å². The van der Waals surface area contributed by atoms with Crippen molar-refractivity contribution in [3.8, 4) is 5.75 Å². The van der Waals surface area contributed by atoms with Crippen molar-refractivity contribution in [2.24, 2.45) is 5.92 Å². The fraction of sp³-hybridized carbons (Fsp3) is 0.211. The summed E-state index contributed by atoms with van der Waals surface area (Å²) in [5, 5.41) is 20.2. The lowest BCUT2D eigenvalue weighted by molar-refractivity contribution is -0.144. The van der Waals surface area contributed by atoms with Gasteiger partial charge in [0, 0.05) is 0 Å². The number of ether oxygens (including phenoxy) is 1. The molecule has 31 heavy (non-hydrogen) atoms. The molecule has 0 bridgehead atoms. The van der Waals surface area contributed by atoms with Crippen molar-refractivity contribution in [3.63, 3.8) is 0 Å². The van der Waals surface area contributed by atoms with Gasteiger partial charge in [0.15, 0.2) is 0 Å². The maximum Gasteiger partial charge on any atom is 0.413 e. The number of carboxylic acid groups (broad SMARTS) is 2. The molecule has 0 spiro atoms. The van der Waals surface area contributed by atoms with Gasteiger partial charge < -0.3 is 20.3 Å². The van der Waals surface area contributed by atoms with E-state index in [1.165, 1.54) is 0 Å². The van der Waals surface area contributed by atoms with Gasteiger partial charge in [-0.2, -0.15) is 8.78 Å². The van der Waals surface area contributed by atoms with Gasteiger partial charge in [-0.05, 0) is 18.4 Å². The van der Waals surface area contributed by atoms with Crippen molar-refractivity contribution in [3.05, 3.63) is 65.0 Å². The van der Waals surface area contributed by atoms with E-state index in [0.717, 1.165) is 0 Å². The van der Waals surface area contributed by atoms with Gasteiger partial charge in [-0.15, -0.1) is 0 Å². The third-order valence-corrected chi connectivity index (χ3v) is 4.15. The molecule has 0 heterocycles. The largest absolute Gasteiger partial charge is 0.481 e. The van der Waals surface area contributed by atoms with E-state index >= 15 is 0 Å². The third kappa shape index (κ3) is 5.68. The van der Waals surface area contributed by atoms with Gasteiger partial charge in [0.05, 0.1) is 5.92 Å². The zero-order valence-electron chi connectivity index (χ0n) is 15.4. The number of hydrogen-bond acceptors (Lipinski definition) is 4. The van der Waals surface area contributed by atoms with Gasteiger partial charge in [0.25, 0.3) is 0 Å². The van der Waals surface area contributed by atoms with E-state index in [9.17, 15) is 46.5 Å². The zero-order chi connectivity index (χ0) is 23.3. The van der Waals surface area contributed by atoms with E-state index in [4.69, 9.17) is 0 Å². The SMILES string of the molecule is O=C(N[C@@H](CC(Cc1ccccc1)C(=O)O)C(=O)O)Oc1c(F)c(F)c(F)c(F)c1F. The topological polar surface area (TPSA) is 113 Å². The molecule has 0 saturated heterocycles. The summed E-state index contributed by atoms with van der Waals surface area (Å²) in [5.41, 5.74) is 0.558. The first-order valence-corrected chi connectivity index (χ1v) is 8.52. The van der Waals surface area contributed by atoms with E-state index in [1.54, 1.807) is 35.6 Å². The molecule has 2 atom stereocenters. The number of rotatable bonds is 8. The molecule has 2 aromatic rings. The number of halogens is 5. The lowest BCUT2D eigenvalue weighted by Gasteiger charge is -2.19. The Bertz CT molecular complexity index is 972. The predicted octanol–water partition coefficient (Wildman–Crippen LogP) is 3.26. The summed E-state index contributed by atoms with van der Waals surface area (Å²) >= 11 is 0. The molecule has 7 nitrogen and oxygen atoms in total. The standard InChI is InChI=1S/C19H14F5NO6/c20-11-12(21)14(23)16(15(24)13(11)22)31-19(30)25-10(18(28)29)7-9(17(26)27)6-8-4-2-1-3-5-8/h1-5,9-10H,6-7H2,(H,25,30)(H,26,27)(H,28,29)/t9?,10-/m0/s1. The van der Waals surface area contributed by atoms with Crippen LogP contribution < -0.4 is 10.1 Å². The average Bonchev–Trinajstić information content (AvgIpc) is 2.73. The van der Waals surface area contributed by atoms with Crippen molar-refractivity contribution in [1.29, 1.82) is 0 Å². The number of amides is 1. The highest BCUT2D eigenvalue weighted by Gasteiger charge is 2.32. The molecule has 2 aromatic carbocycles. The first kappa shape index (κ1) is 23.6. The Morgan fingerprint density at radius 3 is 1.84 bits per heavy atom. The number of carboxylic acids is 2. The smallest absolute Gasteiger partial charge is 0.413 e. The molecular formula is C19H14F5NO6. The fourth-order valence-corrected chi connectivity index (χ4v) is 2.61. The number of hydrogen-bond donors (Lipinski definition) is 3. The van der Waals surface area contributed by atoms with Crippen molar-refractivity contribution in [2.45, 2.75) is 18.9 Å². The molecule has 0 aliphatic carbocycles. The summed E-state index contributed by atoms with van der Waals surface area (Å²) in [6, 6.07) is 6.22. The molecule has 1 amide bonds. The van der Waals surface area contributed by atoms with Gasteiger partial charge in [-0.1, -0.05) is 30.3 Å². The van der Waals surface area contributed by atoms with E-state index in [2.05, 4.69) is 4.74 Å². The molecule has 0 saturated carbocycles. The van der Waals surface area contributed by atoms with E-state index in [1.807, 2.05) is 0 Å². The van der Waals surface area contributed by atoms with Crippen LogP contribution in [0.5, 0.6) is 5.75 Å². The van der Waals surface area contributed by atoms with Gasteiger partial charge in [-0.3, -0.25) is 4.79 Å². The third-order valence-electron chi connectivity index (χ3n) is 4.15. The molecular weight excluding hydrogens is 433 g/mol. The predicted molar refractivity (Wildman–Crippen MR) is 92.7 cm³/mol. The second-order valence-corrected chi connectivity index (χ2v) is 6.28. The molecule has 166 valence electrons. The fourth-order valence-electron chi connectivity index (χ4n) is 2.61. The van der Waals surface area contributed by atoms with Crippen LogP contribution >= 0.6 is 0 Å². The number of carbonyl (C=O) groups is 3. The maximum absolute atomic E-state index is 13.6. The molecule has 0 aliphatic rings. The van der Waals surface area contributed by atoms with Crippen LogP contribution in [0, 0.1) is 35.0 Å². The first-order valence-electron chi connectivity index (χ1n) is 8.52. The second kappa shape index (κ2) is 9.87. The van der Waals surface area contributed by atoms with E-state index in [0.29, 0.717) is 5.56 Å². The Hall–Kier alpha value is -3.70. The zero-order valence-corrected chi connectivity index (χ0v) is 15.4. The Morgan fingerprint density at radius 2 is 1.35 bits per heavy atom. The van der Waals surface area contributed by atoms with Crippen LogP contribution in [0.2, 0.25) is 0 Å². The molecule has 0 fully saturated rings. The highest BCUT2D eigenvalue weighted by Crippen LogP contribution is 2.29. The lowest BCUT2D eigenvalue weighted by Crippen LogP contribution is -2.44. The molecule has 0 radical (unpaired) electrons. The normalized spacial score (nSPS) is 12.7. The van der Waals surface area contributed by atoms with Crippen LogP contribution in [0.3, 0.4) is 0 Å². The molecule has 12 heteroatoms.